The average molecular weight is 350 g/mol. The number of amides is 2. The largest absolute Gasteiger partial charge is 0.492 e. The molecule has 2 amide bonds. The molecule has 1 fully saturated rings. The third kappa shape index (κ3) is 4.30. The Kier molecular flexibility index (Phi) is 5.69. The molecule has 2 aromatic rings. The van der Waals surface area contributed by atoms with Crippen molar-refractivity contribution in [2.75, 3.05) is 23.4 Å². The van der Waals surface area contributed by atoms with Gasteiger partial charge in [0.2, 0.25) is 11.8 Å². The van der Waals surface area contributed by atoms with E-state index in [9.17, 15) is 9.59 Å². The zero-order valence-electron chi connectivity index (χ0n) is 14.8. The second-order valence-electron chi connectivity index (χ2n) is 5.99. The molecule has 0 aliphatic carbocycles. The van der Waals surface area contributed by atoms with E-state index in [4.69, 9.17) is 4.74 Å². The van der Waals surface area contributed by atoms with E-state index < -0.39 is 0 Å². The Morgan fingerprint density at radius 2 is 1.96 bits per heavy atom. The molecule has 1 saturated heterocycles. The smallest absolute Gasteiger partial charge is 0.248 e. The van der Waals surface area contributed by atoms with Crippen LogP contribution in [-0.4, -0.2) is 25.0 Å². The van der Waals surface area contributed by atoms with E-state index in [1.54, 1.807) is 17.0 Å². The Labute approximate surface area is 153 Å². The zero-order valence-corrected chi connectivity index (χ0v) is 14.8. The van der Waals surface area contributed by atoms with E-state index in [2.05, 4.69) is 5.32 Å². The molecule has 134 valence electrons. The minimum absolute atomic E-state index is 0.167. The second kappa shape index (κ2) is 8.34. The standard InChI is InChI=1S/C21H22N2O3/c1-2-26-19-7-4-3-6-18(19)22-20(24)14-11-16-9-12-17(13-10-16)23-15-5-8-21(23)25/h3-4,6-7,9-14H,2,5,8,15H2,1H3,(H,22,24). The van der Waals surface area contributed by atoms with Gasteiger partial charge in [0.1, 0.15) is 5.75 Å². The zero-order chi connectivity index (χ0) is 18.4. The van der Waals surface area contributed by atoms with Crippen LogP contribution in [0.25, 0.3) is 6.08 Å². The lowest BCUT2D eigenvalue weighted by Crippen LogP contribution is -2.23. The van der Waals surface area contributed by atoms with Gasteiger partial charge in [0, 0.05) is 24.7 Å². The third-order valence-corrected chi connectivity index (χ3v) is 4.15. The van der Waals surface area contributed by atoms with Crippen molar-refractivity contribution >= 4 is 29.3 Å². The second-order valence-corrected chi connectivity index (χ2v) is 5.99. The van der Waals surface area contributed by atoms with Gasteiger partial charge < -0.3 is 15.0 Å². The summed E-state index contributed by atoms with van der Waals surface area (Å²) in [5, 5.41) is 2.82. The van der Waals surface area contributed by atoms with Crippen LogP contribution >= 0.6 is 0 Å². The fourth-order valence-electron chi connectivity index (χ4n) is 2.88. The molecular formula is C21H22N2O3. The van der Waals surface area contributed by atoms with Gasteiger partial charge in [-0.2, -0.15) is 0 Å². The summed E-state index contributed by atoms with van der Waals surface area (Å²) in [6.07, 6.45) is 4.75. The molecule has 1 N–H and O–H groups in total. The number of para-hydroxylation sites is 2. The summed E-state index contributed by atoms with van der Waals surface area (Å²) in [5.41, 5.74) is 2.44. The van der Waals surface area contributed by atoms with Crippen molar-refractivity contribution in [1.82, 2.24) is 0 Å². The van der Waals surface area contributed by atoms with E-state index >= 15 is 0 Å². The number of carbonyl (C=O) groups is 2. The highest BCUT2D eigenvalue weighted by molar-refractivity contribution is 6.02. The fraction of sp³-hybridized carbons (Fsp3) is 0.238. The molecule has 0 saturated carbocycles. The van der Waals surface area contributed by atoms with Crippen molar-refractivity contribution in [2.24, 2.45) is 0 Å². The lowest BCUT2D eigenvalue weighted by Gasteiger charge is -2.15. The van der Waals surface area contributed by atoms with Crippen molar-refractivity contribution in [2.45, 2.75) is 19.8 Å². The van der Waals surface area contributed by atoms with Gasteiger partial charge in [-0.25, -0.2) is 0 Å². The number of benzene rings is 2. The Morgan fingerprint density at radius 3 is 2.65 bits per heavy atom. The molecule has 5 nitrogen and oxygen atoms in total. The molecule has 5 heteroatoms. The highest BCUT2D eigenvalue weighted by Gasteiger charge is 2.21. The molecule has 1 aliphatic heterocycles. The van der Waals surface area contributed by atoms with Gasteiger partial charge in [-0.3, -0.25) is 9.59 Å². The Balaban J connectivity index is 1.62. The van der Waals surface area contributed by atoms with Crippen LogP contribution in [0.3, 0.4) is 0 Å². The van der Waals surface area contributed by atoms with E-state index in [0.29, 0.717) is 24.5 Å². The maximum absolute atomic E-state index is 12.2. The Bertz CT molecular complexity index is 812. The van der Waals surface area contributed by atoms with Crippen molar-refractivity contribution in [1.29, 1.82) is 0 Å². The normalized spacial score (nSPS) is 14.0. The molecule has 0 spiro atoms. The number of rotatable bonds is 6. The molecule has 0 atom stereocenters. The molecule has 1 aliphatic rings. The number of nitrogens with one attached hydrogen (secondary N) is 1. The van der Waals surface area contributed by atoms with Gasteiger partial charge in [-0.05, 0) is 49.2 Å². The quantitative estimate of drug-likeness (QED) is 0.805. The van der Waals surface area contributed by atoms with Gasteiger partial charge in [0.05, 0.1) is 12.3 Å². The minimum Gasteiger partial charge on any atom is -0.492 e. The first-order valence-corrected chi connectivity index (χ1v) is 8.78. The molecule has 26 heavy (non-hydrogen) atoms. The van der Waals surface area contributed by atoms with Gasteiger partial charge in [-0.1, -0.05) is 24.3 Å². The first-order chi connectivity index (χ1) is 12.7. The van der Waals surface area contributed by atoms with E-state index in [0.717, 1.165) is 24.2 Å². The van der Waals surface area contributed by atoms with Crippen LogP contribution in [-0.2, 0) is 9.59 Å². The van der Waals surface area contributed by atoms with Crippen LogP contribution in [0.2, 0.25) is 0 Å². The Morgan fingerprint density at radius 1 is 1.19 bits per heavy atom. The summed E-state index contributed by atoms with van der Waals surface area (Å²) in [4.78, 5) is 25.7. The number of anilines is 2. The molecule has 0 aromatic heterocycles. The predicted octanol–water partition coefficient (Wildman–Crippen LogP) is 3.86. The highest BCUT2D eigenvalue weighted by atomic mass is 16.5. The number of nitrogens with zero attached hydrogens (tertiary/aromatic N) is 1. The lowest BCUT2D eigenvalue weighted by molar-refractivity contribution is -0.117. The Hall–Kier alpha value is -3.08. The predicted molar refractivity (Wildman–Crippen MR) is 103 cm³/mol. The van der Waals surface area contributed by atoms with E-state index in [-0.39, 0.29) is 11.8 Å². The molecule has 0 radical (unpaired) electrons. The van der Waals surface area contributed by atoms with E-state index in [1.807, 2.05) is 49.4 Å². The summed E-state index contributed by atoms with van der Waals surface area (Å²) in [7, 11) is 0. The summed E-state index contributed by atoms with van der Waals surface area (Å²) < 4.78 is 5.50. The fourth-order valence-corrected chi connectivity index (χ4v) is 2.88. The van der Waals surface area contributed by atoms with Crippen LogP contribution in [0, 0.1) is 0 Å². The van der Waals surface area contributed by atoms with Gasteiger partial charge >= 0.3 is 0 Å². The molecular weight excluding hydrogens is 328 g/mol. The minimum atomic E-state index is -0.226. The van der Waals surface area contributed by atoms with Crippen molar-refractivity contribution in [3.63, 3.8) is 0 Å². The molecule has 0 bridgehead atoms. The first kappa shape index (κ1) is 17.7. The highest BCUT2D eigenvalue weighted by Crippen LogP contribution is 2.24. The van der Waals surface area contributed by atoms with Crippen LogP contribution in [0.15, 0.2) is 54.6 Å². The molecule has 0 unspecified atom stereocenters. The molecule has 3 rings (SSSR count). The monoisotopic (exact) mass is 350 g/mol. The summed E-state index contributed by atoms with van der Waals surface area (Å²) >= 11 is 0. The first-order valence-electron chi connectivity index (χ1n) is 8.78. The van der Waals surface area contributed by atoms with Crippen LogP contribution in [0.4, 0.5) is 11.4 Å². The maximum Gasteiger partial charge on any atom is 0.248 e. The molecule has 2 aromatic carbocycles. The summed E-state index contributed by atoms with van der Waals surface area (Å²) in [6.45, 7) is 3.21. The van der Waals surface area contributed by atoms with Crippen molar-refractivity contribution in [3.05, 3.63) is 60.2 Å². The number of carbonyl (C=O) groups excluding carboxylic acids is 2. The van der Waals surface area contributed by atoms with Gasteiger partial charge in [0.15, 0.2) is 0 Å². The number of hydrogen-bond acceptors (Lipinski definition) is 3. The van der Waals surface area contributed by atoms with E-state index in [1.165, 1.54) is 6.08 Å². The maximum atomic E-state index is 12.2. The SMILES string of the molecule is CCOc1ccccc1NC(=O)C=Cc1ccc(N2CCCC2=O)cc1. The van der Waals surface area contributed by atoms with Crippen LogP contribution in [0.5, 0.6) is 5.75 Å². The van der Waals surface area contributed by atoms with Gasteiger partial charge in [0.25, 0.3) is 0 Å². The van der Waals surface area contributed by atoms with Crippen LogP contribution in [0.1, 0.15) is 25.3 Å². The van der Waals surface area contributed by atoms with Crippen molar-refractivity contribution in [3.8, 4) is 5.75 Å². The topological polar surface area (TPSA) is 58.6 Å². The van der Waals surface area contributed by atoms with Gasteiger partial charge in [-0.15, -0.1) is 0 Å². The summed E-state index contributed by atoms with van der Waals surface area (Å²) in [5.74, 6) is 0.591. The third-order valence-electron chi connectivity index (χ3n) is 4.15. The number of hydrogen-bond donors (Lipinski definition) is 1. The molecule has 1 heterocycles. The lowest BCUT2D eigenvalue weighted by atomic mass is 10.2. The number of ether oxygens (including phenoxy) is 1. The average Bonchev–Trinajstić information content (AvgIpc) is 3.08. The van der Waals surface area contributed by atoms with Crippen molar-refractivity contribution < 1.29 is 14.3 Å². The van der Waals surface area contributed by atoms with Crippen LogP contribution < -0.4 is 15.0 Å². The summed E-state index contributed by atoms with van der Waals surface area (Å²) in [6, 6.07) is 15.0.